The number of thiophene rings is 1. The molecule has 0 bridgehead atoms. The van der Waals surface area contributed by atoms with E-state index in [-0.39, 0.29) is 5.91 Å². The third-order valence-electron chi connectivity index (χ3n) is 4.21. The summed E-state index contributed by atoms with van der Waals surface area (Å²) in [4.78, 5) is 12.8. The summed E-state index contributed by atoms with van der Waals surface area (Å²) >= 11 is 1.62. The van der Waals surface area contributed by atoms with Crippen molar-refractivity contribution in [2.75, 3.05) is 13.2 Å². The average molecular weight is 287 g/mol. The summed E-state index contributed by atoms with van der Waals surface area (Å²) in [5.74, 6) is 0.0909. The van der Waals surface area contributed by atoms with Gasteiger partial charge in [-0.05, 0) is 54.3 Å². The molecule has 1 amide bonds. The van der Waals surface area contributed by atoms with Gasteiger partial charge in [0.1, 0.15) is 0 Å². The van der Waals surface area contributed by atoms with E-state index < -0.39 is 0 Å². The molecule has 3 nitrogen and oxygen atoms in total. The Morgan fingerprint density at radius 3 is 3.20 bits per heavy atom. The first-order valence-electron chi connectivity index (χ1n) is 7.25. The van der Waals surface area contributed by atoms with E-state index in [4.69, 9.17) is 4.74 Å². The number of nitrogens with one attached hydrogen (secondary N) is 1. The van der Waals surface area contributed by atoms with Crippen molar-refractivity contribution in [1.29, 1.82) is 0 Å². The molecule has 20 heavy (non-hydrogen) atoms. The summed E-state index contributed by atoms with van der Waals surface area (Å²) in [5, 5.41) is 4.20. The number of amides is 1. The largest absolute Gasteiger partial charge is 0.378 e. The molecule has 1 aromatic carbocycles. The summed E-state index contributed by atoms with van der Waals surface area (Å²) in [6, 6.07) is 6.62. The molecule has 4 rings (SSSR count). The molecule has 3 heterocycles. The van der Waals surface area contributed by atoms with Crippen molar-refractivity contribution in [2.24, 2.45) is 0 Å². The topological polar surface area (TPSA) is 38.3 Å². The molecule has 1 fully saturated rings. The van der Waals surface area contributed by atoms with E-state index in [1.165, 1.54) is 34.1 Å². The summed E-state index contributed by atoms with van der Waals surface area (Å²) < 4.78 is 6.94. The fraction of sp³-hybridized carbons (Fsp3) is 0.438. The highest BCUT2D eigenvalue weighted by molar-refractivity contribution is 7.21. The van der Waals surface area contributed by atoms with Crippen LogP contribution in [0, 0.1) is 0 Å². The van der Waals surface area contributed by atoms with E-state index >= 15 is 0 Å². The molecule has 1 atom stereocenters. The van der Waals surface area contributed by atoms with Gasteiger partial charge in [-0.2, -0.15) is 0 Å². The van der Waals surface area contributed by atoms with Crippen molar-refractivity contribution in [1.82, 2.24) is 5.32 Å². The summed E-state index contributed by atoms with van der Waals surface area (Å²) in [7, 11) is 0. The SMILES string of the molecule is O=C1NCCc2c1sc1ccc(C[C@@H]3CCCO3)cc21. The van der Waals surface area contributed by atoms with Gasteiger partial charge in [0.25, 0.3) is 5.91 Å². The lowest BCUT2D eigenvalue weighted by atomic mass is 10.00. The summed E-state index contributed by atoms with van der Waals surface area (Å²) in [6.45, 7) is 1.66. The predicted octanol–water partition coefficient (Wildman–Crippen LogP) is 2.91. The fourth-order valence-electron chi connectivity index (χ4n) is 3.20. The van der Waals surface area contributed by atoms with Gasteiger partial charge < -0.3 is 10.1 Å². The maximum Gasteiger partial charge on any atom is 0.261 e. The Bertz CT molecular complexity index is 670. The lowest BCUT2D eigenvalue weighted by Crippen LogP contribution is -2.30. The molecule has 1 aromatic heterocycles. The Labute approximate surface area is 121 Å². The monoisotopic (exact) mass is 287 g/mol. The number of carbonyl (C=O) groups excluding carboxylic acids is 1. The lowest BCUT2D eigenvalue weighted by molar-refractivity contribution is 0.0950. The molecule has 0 aliphatic carbocycles. The van der Waals surface area contributed by atoms with Gasteiger partial charge in [-0.15, -0.1) is 11.3 Å². The Kier molecular flexibility index (Phi) is 3.00. The van der Waals surface area contributed by atoms with E-state index in [0.717, 1.165) is 30.9 Å². The first-order chi connectivity index (χ1) is 9.81. The fourth-order valence-corrected chi connectivity index (χ4v) is 4.35. The van der Waals surface area contributed by atoms with Crippen LogP contribution in [-0.2, 0) is 17.6 Å². The van der Waals surface area contributed by atoms with Crippen molar-refractivity contribution in [3.05, 3.63) is 34.2 Å². The number of rotatable bonds is 2. The van der Waals surface area contributed by atoms with Gasteiger partial charge in [-0.3, -0.25) is 4.79 Å². The van der Waals surface area contributed by atoms with Crippen LogP contribution in [0.4, 0.5) is 0 Å². The van der Waals surface area contributed by atoms with Gasteiger partial charge in [0.2, 0.25) is 0 Å². The van der Waals surface area contributed by atoms with Gasteiger partial charge in [-0.25, -0.2) is 0 Å². The maximum absolute atomic E-state index is 11.9. The predicted molar refractivity (Wildman–Crippen MR) is 80.5 cm³/mol. The number of carbonyl (C=O) groups is 1. The second kappa shape index (κ2) is 4.86. The molecule has 0 radical (unpaired) electrons. The van der Waals surface area contributed by atoms with Crippen molar-refractivity contribution in [2.45, 2.75) is 31.8 Å². The molecule has 104 valence electrons. The van der Waals surface area contributed by atoms with Crippen molar-refractivity contribution in [3.63, 3.8) is 0 Å². The van der Waals surface area contributed by atoms with Crippen molar-refractivity contribution < 1.29 is 9.53 Å². The quantitative estimate of drug-likeness (QED) is 0.922. The van der Waals surface area contributed by atoms with Crippen LogP contribution in [0.2, 0.25) is 0 Å². The highest BCUT2D eigenvalue weighted by Gasteiger charge is 2.22. The Hall–Kier alpha value is -1.39. The van der Waals surface area contributed by atoms with E-state index in [1.54, 1.807) is 11.3 Å². The number of benzene rings is 1. The summed E-state index contributed by atoms with van der Waals surface area (Å²) in [6.07, 6.45) is 4.67. The standard InChI is InChI=1S/C16H17NO2S/c18-16-15-12(5-6-17-16)13-9-10(3-4-14(13)20-15)8-11-2-1-7-19-11/h3-4,9,11H,1-2,5-8H2,(H,17,18)/t11-/m0/s1. The first kappa shape index (κ1) is 12.4. The van der Waals surface area contributed by atoms with Gasteiger partial charge in [0, 0.05) is 17.9 Å². The van der Waals surface area contributed by atoms with Crippen LogP contribution in [0.15, 0.2) is 18.2 Å². The van der Waals surface area contributed by atoms with Crippen LogP contribution in [0.3, 0.4) is 0 Å². The Morgan fingerprint density at radius 1 is 1.40 bits per heavy atom. The van der Waals surface area contributed by atoms with E-state index in [1.807, 2.05) is 0 Å². The molecule has 2 aliphatic rings. The minimum atomic E-state index is 0.0909. The maximum atomic E-state index is 11.9. The highest BCUT2D eigenvalue weighted by atomic mass is 32.1. The molecule has 0 saturated carbocycles. The zero-order valence-corrected chi connectivity index (χ0v) is 12.1. The molecule has 0 unspecified atom stereocenters. The Balaban J connectivity index is 1.72. The molecule has 2 aliphatic heterocycles. The van der Waals surface area contributed by atoms with Gasteiger partial charge in [0.05, 0.1) is 11.0 Å². The van der Waals surface area contributed by atoms with Crippen LogP contribution in [-0.4, -0.2) is 25.2 Å². The molecular weight excluding hydrogens is 270 g/mol. The van der Waals surface area contributed by atoms with Crippen LogP contribution < -0.4 is 5.32 Å². The van der Waals surface area contributed by atoms with Gasteiger partial charge in [-0.1, -0.05) is 6.07 Å². The van der Waals surface area contributed by atoms with E-state index in [0.29, 0.717) is 6.10 Å². The molecule has 2 aromatic rings. The molecule has 0 spiro atoms. The van der Waals surface area contributed by atoms with Crippen molar-refractivity contribution in [3.8, 4) is 0 Å². The third-order valence-corrected chi connectivity index (χ3v) is 5.42. The first-order valence-corrected chi connectivity index (χ1v) is 8.07. The van der Waals surface area contributed by atoms with Crippen molar-refractivity contribution >= 4 is 27.3 Å². The average Bonchev–Trinajstić information content (AvgIpc) is 3.07. The number of hydrogen-bond acceptors (Lipinski definition) is 3. The minimum Gasteiger partial charge on any atom is -0.378 e. The number of hydrogen-bond donors (Lipinski definition) is 1. The number of ether oxygens (including phenoxy) is 1. The van der Waals surface area contributed by atoms with Gasteiger partial charge in [0.15, 0.2) is 0 Å². The van der Waals surface area contributed by atoms with Crippen LogP contribution in [0.5, 0.6) is 0 Å². The van der Waals surface area contributed by atoms with E-state index in [2.05, 4.69) is 23.5 Å². The smallest absolute Gasteiger partial charge is 0.261 e. The third kappa shape index (κ3) is 2.03. The molecule has 1 N–H and O–H groups in total. The zero-order chi connectivity index (χ0) is 13.5. The van der Waals surface area contributed by atoms with Crippen LogP contribution in [0.25, 0.3) is 10.1 Å². The Morgan fingerprint density at radius 2 is 2.35 bits per heavy atom. The second-order valence-electron chi connectivity index (χ2n) is 5.59. The van der Waals surface area contributed by atoms with Crippen LogP contribution >= 0.6 is 11.3 Å². The number of fused-ring (bicyclic) bond motifs is 3. The van der Waals surface area contributed by atoms with E-state index in [9.17, 15) is 4.79 Å². The molecular formula is C16H17NO2S. The van der Waals surface area contributed by atoms with Crippen LogP contribution in [0.1, 0.15) is 33.6 Å². The minimum absolute atomic E-state index is 0.0909. The lowest BCUT2D eigenvalue weighted by Gasteiger charge is -2.12. The second-order valence-corrected chi connectivity index (χ2v) is 6.64. The zero-order valence-electron chi connectivity index (χ0n) is 11.3. The normalized spacial score (nSPS) is 22.0. The molecule has 4 heteroatoms. The highest BCUT2D eigenvalue weighted by Crippen LogP contribution is 2.34. The molecule has 1 saturated heterocycles. The summed E-state index contributed by atoms with van der Waals surface area (Å²) in [5.41, 5.74) is 2.57. The van der Waals surface area contributed by atoms with Gasteiger partial charge >= 0.3 is 0 Å².